The van der Waals surface area contributed by atoms with Crippen LogP contribution in [0, 0.1) is 6.92 Å². The molecule has 0 bridgehead atoms. The minimum absolute atomic E-state index is 0.152. The van der Waals surface area contributed by atoms with E-state index in [-0.39, 0.29) is 10.8 Å². The average molecular weight is 437 g/mol. The van der Waals surface area contributed by atoms with E-state index < -0.39 is 16.1 Å². The Balaban J connectivity index is 2.02. The van der Waals surface area contributed by atoms with Gasteiger partial charge < -0.3 is 10.1 Å². The molecule has 158 valence electrons. The number of thioether (sulfide) groups is 1. The largest absolute Gasteiger partial charge is 0.496 e. The van der Waals surface area contributed by atoms with Crippen molar-refractivity contribution >= 4 is 27.7 Å². The first-order valence-corrected chi connectivity index (χ1v) is 12.2. The van der Waals surface area contributed by atoms with Gasteiger partial charge in [-0.15, -0.1) is 0 Å². The highest BCUT2D eigenvalue weighted by Crippen LogP contribution is 2.17. The van der Waals surface area contributed by atoms with Crippen LogP contribution in [0.25, 0.3) is 0 Å². The fraction of sp³-hybridized carbons (Fsp3) is 0.381. The summed E-state index contributed by atoms with van der Waals surface area (Å²) < 4.78 is 33.2. The van der Waals surface area contributed by atoms with Crippen LogP contribution in [-0.2, 0) is 21.2 Å². The third-order valence-corrected chi connectivity index (χ3v) is 6.57. The number of methoxy groups -OCH3 is 1. The number of hydrogen-bond acceptors (Lipinski definition) is 5. The van der Waals surface area contributed by atoms with Crippen molar-refractivity contribution in [3.05, 3.63) is 59.7 Å². The molecule has 2 N–H and O–H groups in total. The van der Waals surface area contributed by atoms with Gasteiger partial charge in [0.25, 0.3) is 0 Å². The van der Waals surface area contributed by atoms with Crippen molar-refractivity contribution in [3.8, 4) is 5.75 Å². The van der Waals surface area contributed by atoms with Crippen molar-refractivity contribution < 1.29 is 17.9 Å². The van der Waals surface area contributed by atoms with Gasteiger partial charge in [0.2, 0.25) is 15.9 Å². The van der Waals surface area contributed by atoms with Gasteiger partial charge in [0.1, 0.15) is 11.8 Å². The second-order valence-electron chi connectivity index (χ2n) is 6.62. The van der Waals surface area contributed by atoms with Crippen molar-refractivity contribution in [1.29, 1.82) is 0 Å². The number of carbonyl (C=O) groups excluding carboxylic acids is 1. The van der Waals surface area contributed by atoms with Gasteiger partial charge in [-0.05, 0) is 55.5 Å². The van der Waals surface area contributed by atoms with Crippen LogP contribution in [0.15, 0.2) is 53.4 Å². The molecule has 0 aliphatic rings. The maximum atomic E-state index is 12.7. The molecule has 0 saturated carbocycles. The van der Waals surface area contributed by atoms with Crippen LogP contribution in [0.4, 0.5) is 0 Å². The molecule has 2 aromatic rings. The van der Waals surface area contributed by atoms with Crippen molar-refractivity contribution in [2.75, 3.05) is 25.7 Å². The Hall–Kier alpha value is -2.03. The Kier molecular flexibility index (Phi) is 9.00. The van der Waals surface area contributed by atoms with Gasteiger partial charge >= 0.3 is 0 Å². The van der Waals surface area contributed by atoms with Crippen LogP contribution < -0.4 is 14.8 Å². The highest BCUT2D eigenvalue weighted by atomic mass is 32.2. The van der Waals surface area contributed by atoms with E-state index in [1.807, 2.05) is 37.4 Å². The van der Waals surface area contributed by atoms with Crippen molar-refractivity contribution in [3.63, 3.8) is 0 Å². The predicted molar refractivity (Wildman–Crippen MR) is 118 cm³/mol. The zero-order valence-corrected chi connectivity index (χ0v) is 18.6. The molecule has 0 aliphatic heterocycles. The topological polar surface area (TPSA) is 84.5 Å². The normalized spacial score (nSPS) is 12.4. The molecular weight excluding hydrogens is 408 g/mol. The van der Waals surface area contributed by atoms with Gasteiger partial charge in [0, 0.05) is 6.54 Å². The fourth-order valence-electron chi connectivity index (χ4n) is 2.81. The summed E-state index contributed by atoms with van der Waals surface area (Å²) in [6.45, 7) is 2.28. The Bertz CT molecular complexity index is 899. The van der Waals surface area contributed by atoms with Crippen LogP contribution in [0.5, 0.6) is 5.75 Å². The van der Waals surface area contributed by atoms with E-state index in [1.54, 1.807) is 43.1 Å². The molecular formula is C21H28N2O4S2. The molecule has 0 fully saturated rings. The Morgan fingerprint density at radius 2 is 1.83 bits per heavy atom. The van der Waals surface area contributed by atoms with Gasteiger partial charge in [-0.2, -0.15) is 16.5 Å². The minimum Gasteiger partial charge on any atom is -0.496 e. The summed E-state index contributed by atoms with van der Waals surface area (Å²) in [7, 11) is -2.17. The van der Waals surface area contributed by atoms with E-state index in [1.165, 1.54) is 0 Å². The van der Waals surface area contributed by atoms with E-state index in [0.29, 0.717) is 25.1 Å². The zero-order valence-electron chi connectivity index (χ0n) is 17.0. The molecule has 2 aromatic carbocycles. The molecule has 0 radical (unpaired) electrons. The van der Waals surface area contributed by atoms with Crippen LogP contribution >= 0.6 is 11.8 Å². The van der Waals surface area contributed by atoms with Gasteiger partial charge in [0.05, 0.1) is 12.0 Å². The molecule has 6 nitrogen and oxygen atoms in total. The molecule has 29 heavy (non-hydrogen) atoms. The molecule has 8 heteroatoms. The molecule has 0 saturated heterocycles. The number of nitrogens with one attached hydrogen (secondary N) is 2. The van der Waals surface area contributed by atoms with E-state index in [2.05, 4.69) is 10.0 Å². The second-order valence-corrected chi connectivity index (χ2v) is 9.32. The third-order valence-electron chi connectivity index (χ3n) is 4.44. The number of carbonyl (C=O) groups is 1. The number of sulfonamides is 1. The summed E-state index contributed by atoms with van der Waals surface area (Å²) >= 11 is 1.57. The lowest BCUT2D eigenvalue weighted by Crippen LogP contribution is -2.47. The summed E-state index contributed by atoms with van der Waals surface area (Å²) in [6, 6.07) is 13.3. The van der Waals surface area contributed by atoms with Crippen molar-refractivity contribution in [2.45, 2.75) is 30.7 Å². The third kappa shape index (κ3) is 7.06. The number of para-hydroxylation sites is 1. The average Bonchev–Trinajstić information content (AvgIpc) is 2.71. The molecule has 1 atom stereocenters. The Morgan fingerprint density at radius 3 is 2.48 bits per heavy atom. The molecule has 0 spiro atoms. The molecule has 1 amide bonds. The Labute approximate surface area is 177 Å². The smallest absolute Gasteiger partial charge is 0.241 e. The number of amides is 1. The van der Waals surface area contributed by atoms with Crippen LogP contribution in [0.3, 0.4) is 0 Å². The molecule has 0 aromatic heterocycles. The van der Waals surface area contributed by atoms with Gasteiger partial charge in [-0.25, -0.2) is 8.42 Å². The summed E-state index contributed by atoms with van der Waals surface area (Å²) in [4.78, 5) is 12.8. The SMILES string of the molecule is COc1ccccc1CCNC(=O)C(CCSC)NS(=O)(=O)c1ccc(C)cc1. The first-order valence-electron chi connectivity index (χ1n) is 9.35. The van der Waals surface area contributed by atoms with E-state index in [4.69, 9.17) is 4.74 Å². The minimum atomic E-state index is -3.78. The van der Waals surface area contributed by atoms with Crippen molar-refractivity contribution in [1.82, 2.24) is 10.0 Å². The number of aryl methyl sites for hydroxylation is 1. The molecule has 1 unspecified atom stereocenters. The molecule has 0 aliphatic carbocycles. The quantitative estimate of drug-likeness (QED) is 0.566. The number of ether oxygens (including phenoxy) is 1. The Morgan fingerprint density at radius 1 is 1.14 bits per heavy atom. The zero-order chi connectivity index (χ0) is 21.3. The number of hydrogen-bond donors (Lipinski definition) is 2. The maximum absolute atomic E-state index is 12.7. The fourth-order valence-corrected chi connectivity index (χ4v) is 4.51. The lowest BCUT2D eigenvalue weighted by Gasteiger charge is -2.18. The van der Waals surface area contributed by atoms with Gasteiger partial charge in [0.15, 0.2) is 0 Å². The standard InChI is InChI=1S/C21H28N2O4S2/c1-16-8-10-18(11-9-16)29(25,26)23-19(13-15-28-3)21(24)22-14-12-17-6-4-5-7-20(17)27-2/h4-11,19,23H,12-15H2,1-3H3,(H,22,24). The number of rotatable bonds is 11. The van der Waals surface area contributed by atoms with E-state index in [9.17, 15) is 13.2 Å². The summed E-state index contributed by atoms with van der Waals surface area (Å²) in [5.74, 6) is 1.10. The second kappa shape index (κ2) is 11.2. The van der Waals surface area contributed by atoms with Crippen LogP contribution in [0.1, 0.15) is 17.5 Å². The predicted octanol–water partition coefficient (Wildman–Crippen LogP) is 2.76. The highest BCUT2D eigenvalue weighted by molar-refractivity contribution is 7.98. The van der Waals surface area contributed by atoms with Gasteiger partial charge in [-0.3, -0.25) is 4.79 Å². The first-order chi connectivity index (χ1) is 13.9. The van der Waals surface area contributed by atoms with Crippen LogP contribution in [0.2, 0.25) is 0 Å². The summed E-state index contributed by atoms with van der Waals surface area (Å²) in [6.07, 6.45) is 2.92. The molecule has 2 rings (SSSR count). The highest BCUT2D eigenvalue weighted by Gasteiger charge is 2.25. The summed E-state index contributed by atoms with van der Waals surface area (Å²) in [5, 5.41) is 2.84. The lowest BCUT2D eigenvalue weighted by atomic mass is 10.1. The maximum Gasteiger partial charge on any atom is 0.241 e. The molecule has 0 heterocycles. The van der Waals surface area contributed by atoms with Crippen molar-refractivity contribution in [2.24, 2.45) is 0 Å². The first kappa shape index (κ1) is 23.3. The monoisotopic (exact) mass is 436 g/mol. The lowest BCUT2D eigenvalue weighted by molar-refractivity contribution is -0.122. The number of benzene rings is 2. The summed E-state index contributed by atoms with van der Waals surface area (Å²) in [5.41, 5.74) is 1.95. The van der Waals surface area contributed by atoms with Gasteiger partial charge in [-0.1, -0.05) is 35.9 Å². The van der Waals surface area contributed by atoms with Crippen LogP contribution in [-0.4, -0.2) is 46.0 Å². The van der Waals surface area contributed by atoms with E-state index in [0.717, 1.165) is 16.9 Å². The van der Waals surface area contributed by atoms with E-state index >= 15 is 0 Å².